The lowest BCUT2D eigenvalue weighted by molar-refractivity contribution is -0.154. The highest BCUT2D eigenvalue weighted by molar-refractivity contribution is 6.05. The second-order valence-electron chi connectivity index (χ2n) is 39.6. The predicted octanol–water partition coefficient (Wildman–Crippen LogP) is 13.5. The molecule has 26 heteroatoms. The standard InChI is InChI=1S/C104H155N11O15/c1-29-31-36-67(15)94(119)93-88(118)57-72(30-2)100(125)114(27)85(56-71-37-39-74(40-38-71)97(122)105-49-34-32-33-35-50-106-98(123)75-43-41-73(42-44-75)92-78-47-45-76(108(19)20)58-89(78)130-90-59-77(109(21)22)46-48-79(90)92)103(128)111(24)82(52-62(5)6)87(117)60-80(65(11)12)101(126)110(23)81(51-61(3)4)86(116)55-68(16)96(121)107-70(18)99(124)113(26)84(54-64(9)10)102(127)112(25)83(53-63(7)8)95(120)69(17)91(66(13)14)104(129)115(93)28/h29,31,37-48,58-59,61-70,72,80-85,91,93-94,119H,30,32-36,49-57,60H2,1-28H3,(H2-,105,106,107,121,122,123)/p+1/b31-29+/t67-,68-,69?,70-,72-,80+,81+,82+,83+,84+,85?,91-,93-,94-/m1/s1. The Bertz CT molecular complexity index is 4790. The molecule has 3 aromatic rings. The number of anilines is 1. The molecule has 2 unspecified atom stereocenters. The lowest BCUT2D eigenvalue weighted by Crippen LogP contribution is -2.58. The van der Waals surface area contributed by atoms with E-state index in [4.69, 9.17) is 4.42 Å². The number of hydrogen-bond donors (Lipinski definition) is 4. The summed E-state index contributed by atoms with van der Waals surface area (Å²) in [4.78, 5) is 205. The van der Waals surface area contributed by atoms with E-state index in [0.717, 1.165) is 57.3 Å². The Kier molecular flexibility index (Phi) is 41.6. The van der Waals surface area contributed by atoms with Crippen molar-refractivity contribution in [2.24, 2.45) is 71.0 Å². The molecule has 6 rings (SSSR count). The zero-order valence-corrected chi connectivity index (χ0v) is 83.3. The van der Waals surface area contributed by atoms with E-state index in [1.807, 2.05) is 142 Å². The molecule has 0 bridgehead atoms. The molecule has 14 atom stereocenters. The maximum atomic E-state index is 16.0. The Labute approximate surface area is 774 Å². The van der Waals surface area contributed by atoms with Gasteiger partial charge in [0.2, 0.25) is 46.7 Å². The number of hydrogen-bond acceptors (Lipinski definition) is 16. The highest BCUT2D eigenvalue weighted by atomic mass is 16.3. The van der Waals surface area contributed by atoms with Crippen LogP contribution < -0.4 is 30.8 Å². The van der Waals surface area contributed by atoms with E-state index >= 15 is 38.4 Å². The molecule has 0 saturated carbocycles. The SMILES string of the molecule is C/C=C/C[C@@H](C)[C@@H](O)[C@H]1C(=O)C[C@@H](CC)C(=O)N(C)C(Cc2ccc(C(=O)NCCCCCCNC(=O)c3ccc(-c4c5ccc(=[N+](C)C)cc-5oc5cc(N(C)C)ccc45)cc3)cc2)C(=O)N(C)[C@@H](CC(C)C)C(=O)C[C@@H](C(C)C)C(=O)N(C)[C@@H](CC(C)C)C(=O)C[C@@H](C)C(=O)N[C@H](C)C(=O)N(C)[C@@H](CC(C)C)C(=O)N(C)[C@@H](CC(C)C)C(=O)C(C)[C@@H](C(C)C)C(=O)N1C. The van der Waals surface area contributed by atoms with Crippen molar-refractivity contribution < 1.29 is 71.9 Å². The molecular weight excluding hydrogens is 1640 g/mol. The minimum Gasteiger partial charge on any atom is -0.456 e. The third kappa shape index (κ3) is 28.6. The number of Topliss-reactive ketones (excluding diaryl/α,β-unsaturated/α-hetero) is 4. The van der Waals surface area contributed by atoms with Crippen molar-refractivity contribution >= 4 is 93.0 Å². The highest BCUT2D eigenvalue weighted by Crippen LogP contribution is 2.42. The van der Waals surface area contributed by atoms with E-state index in [1.165, 1.54) is 78.6 Å². The van der Waals surface area contributed by atoms with Crippen molar-refractivity contribution in [1.82, 2.24) is 49.9 Å². The van der Waals surface area contributed by atoms with Crippen LogP contribution in [0.25, 0.3) is 33.4 Å². The van der Waals surface area contributed by atoms with Crippen molar-refractivity contribution in [3.8, 4) is 22.5 Å². The number of aliphatic hydroxyl groups excluding tert-OH is 1. The number of allylic oxidation sites excluding steroid dienone is 2. The van der Waals surface area contributed by atoms with Gasteiger partial charge in [0, 0.05) is 170 Å². The molecule has 2 heterocycles. The largest absolute Gasteiger partial charge is 0.456 e. The van der Waals surface area contributed by atoms with Gasteiger partial charge in [-0.3, -0.25) is 62.3 Å². The van der Waals surface area contributed by atoms with Crippen LogP contribution in [0.3, 0.4) is 0 Å². The molecule has 0 spiro atoms. The quantitative estimate of drug-likeness (QED) is 0.0156. The van der Waals surface area contributed by atoms with Crippen LogP contribution in [0.5, 0.6) is 0 Å². The zero-order valence-electron chi connectivity index (χ0n) is 83.3. The van der Waals surface area contributed by atoms with Crippen LogP contribution in [0.15, 0.2) is 101 Å². The lowest BCUT2D eigenvalue weighted by atomic mass is 9.77. The normalized spacial score (nSPS) is 22.9. The Morgan fingerprint density at radius 1 is 0.546 bits per heavy atom. The zero-order chi connectivity index (χ0) is 97.5. The number of carbonyl (C=O) groups is 13. The van der Waals surface area contributed by atoms with Gasteiger partial charge in [-0.15, -0.1) is 0 Å². The Hall–Kier alpha value is -10.2. The maximum absolute atomic E-state index is 16.0. The van der Waals surface area contributed by atoms with E-state index in [-0.39, 0.29) is 86.9 Å². The summed E-state index contributed by atoms with van der Waals surface area (Å²) in [6.45, 7) is 33.1. The number of nitrogens with one attached hydrogen (secondary N) is 3. The summed E-state index contributed by atoms with van der Waals surface area (Å²) in [7, 11) is 16.8. The van der Waals surface area contributed by atoms with Gasteiger partial charge in [-0.1, -0.05) is 160 Å². The van der Waals surface area contributed by atoms with Crippen molar-refractivity contribution in [1.29, 1.82) is 0 Å². The number of likely N-dealkylation sites (N-methyl/N-ethyl adjacent to an activating group) is 6. The second-order valence-corrected chi connectivity index (χ2v) is 39.6. The molecule has 4 N–H and O–H groups in total. The molecule has 716 valence electrons. The number of carbonyl (C=O) groups excluding carboxylic acids is 13. The summed E-state index contributed by atoms with van der Waals surface area (Å²) in [5.41, 5.74) is 6.07. The monoisotopic (exact) mass is 1800 g/mol. The molecule has 26 nitrogen and oxygen atoms in total. The topological polar surface area (TPSA) is 317 Å². The van der Waals surface area contributed by atoms with Gasteiger partial charge in [-0.25, -0.2) is 4.58 Å². The number of fused-ring (bicyclic) bond motifs is 2. The highest BCUT2D eigenvalue weighted by Gasteiger charge is 2.48. The van der Waals surface area contributed by atoms with Crippen LogP contribution in [0, 0.1) is 71.0 Å². The molecule has 1 saturated heterocycles. The van der Waals surface area contributed by atoms with Gasteiger partial charge in [-0.05, 0) is 160 Å². The average molecular weight is 1800 g/mol. The Morgan fingerprint density at radius 3 is 1.55 bits per heavy atom. The van der Waals surface area contributed by atoms with Gasteiger partial charge in [0.25, 0.3) is 11.8 Å². The van der Waals surface area contributed by atoms with Gasteiger partial charge >= 0.3 is 0 Å². The summed E-state index contributed by atoms with van der Waals surface area (Å²) >= 11 is 0. The van der Waals surface area contributed by atoms with E-state index in [0.29, 0.717) is 49.0 Å². The third-order valence-corrected chi connectivity index (χ3v) is 26.2. The van der Waals surface area contributed by atoms with E-state index in [2.05, 4.69) is 40.2 Å². The number of nitrogens with zero attached hydrogens (tertiary/aromatic N) is 8. The van der Waals surface area contributed by atoms with Crippen LogP contribution in [0.4, 0.5) is 5.69 Å². The van der Waals surface area contributed by atoms with Crippen molar-refractivity contribution in [2.45, 2.75) is 263 Å². The van der Waals surface area contributed by atoms with Crippen LogP contribution in [0.1, 0.15) is 234 Å². The third-order valence-electron chi connectivity index (χ3n) is 26.2. The first-order valence-electron chi connectivity index (χ1n) is 47.3. The molecule has 0 aromatic heterocycles. The van der Waals surface area contributed by atoms with Gasteiger partial charge < -0.3 is 59.8 Å². The fourth-order valence-electron chi connectivity index (χ4n) is 18.0. The van der Waals surface area contributed by atoms with Crippen LogP contribution >= 0.6 is 0 Å². The first-order valence-corrected chi connectivity index (χ1v) is 47.3. The van der Waals surface area contributed by atoms with Gasteiger partial charge in [0.15, 0.2) is 23.1 Å². The second kappa shape index (κ2) is 49.9. The first kappa shape index (κ1) is 109. The molecule has 1 fully saturated rings. The van der Waals surface area contributed by atoms with Crippen molar-refractivity contribution in [2.75, 3.05) is 88.5 Å². The number of ketones is 4. The van der Waals surface area contributed by atoms with Crippen molar-refractivity contribution in [3.05, 3.63) is 119 Å². The minimum absolute atomic E-state index is 0.0517. The summed E-state index contributed by atoms with van der Waals surface area (Å²) in [5.74, 6) is -13.6. The minimum atomic E-state index is -1.57. The molecular formula is C104H156N11O15+. The number of aliphatic hydroxyl groups is 1. The number of rotatable bonds is 28. The van der Waals surface area contributed by atoms with Crippen molar-refractivity contribution in [3.63, 3.8) is 0 Å². The van der Waals surface area contributed by atoms with E-state index < -0.39 is 167 Å². The molecule has 130 heavy (non-hydrogen) atoms. The van der Waals surface area contributed by atoms with E-state index in [9.17, 15) is 29.1 Å². The summed E-state index contributed by atoms with van der Waals surface area (Å²) < 4.78 is 8.55. The average Bonchev–Trinajstić information content (AvgIpc) is 0.747. The Morgan fingerprint density at radius 2 is 1.04 bits per heavy atom. The summed E-state index contributed by atoms with van der Waals surface area (Å²) in [6.07, 6.45) is 4.79. The smallest absolute Gasteiger partial charge is 0.251 e. The molecule has 3 aromatic carbocycles. The molecule has 3 aliphatic rings. The number of benzene rings is 4. The fraction of sp³-hybridized carbons (Fsp3) is 0.615. The molecule has 9 amide bonds. The first-order chi connectivity index (χ1) is 61.0. The lowest BCUT2D eigenvalue weighted by Gasteiger charge is -2.40. The van der Waals surface area contributed by atoms with Gasteiger partial charge in [-0.2, -0.15) is 0 Å². The fourth-order valence-corrected chi connectivity index (χ4v) is 18.0. The van der Waals surface area contributed by atoms with Crippen LogP contribution in [-0.2, 0) is 59.2 Å². The molecule has 0 radical (unpaired) electrons. The number of unbranched alkanes of at least 4 members (excludes halogenated alkanes) is 3. The van der Waals surface area contributed by atoms with Crippen LogP contribution in [0.2, 0.25) is 0 Å². The maximum Gasteiger partial charge on any atom is 0.251 e. The Balaban J connectivity index is 1.32. The molecule has 1 aliphatic carbocycles. The predicted molar refractivity (Wildman–Crippen MR) is 515 cm³/mol. The summed E-state index contributed by atoms with van der Waals surface area (Å²) in [5, 5.41) is 23.4. The van der Waals surface area contributed by atoms with Gasteiger partial charge in [0.05, 0.1) is 30.3 Å². The van der Waals surface area contributed by atoms with Crippen LogP contribution in [-0.4, -0.2) is 243 Å². The summed E-state index contributed by atoms with van der Waals surface area (Å²) in [6, 6.07) is 18.1. The number of amides is 9. The van der Waals surface area contributed by atoms with Gasteiger partial charge in [0.1, 0.15) is 49.6 Å². The van der Waals surface area contributed by atoms with E-state index in [1.54, 1.807) is 85.7 Å². The molecule has 2 aliphatic heterocycles.